The molecule has 0 spiro atoms. The van der Waals surface area contributed by atoms with Crippen LogP contribution in [0.5, 0.6) is 11.5 Å². The Labute approximate surface area is 107 Å². The van der Waals surface area contributed by atoms with E-state index in [0.717, 1.165) is 5.56 Å². The van der Waals surface area contributed by atoms with Gasteiger partial charge in [0.1, 0.15) is 11.5 Å². The maximum absolute atomic E-state index is 11.4. The average Bonchev–Trinajstić information content (AvgIpc) is 2.39. The van der Waals surface area contributed by atoms with Crippen molar-refractivity contribution in [1.82, 2.24) is 4.90 Å². The Morgan fingerprint density at radius 2 is 2.06 bits per heavy atom. The number of ether oxygens (including phenoxy) is 2. The molecule has 0 saturated carbocycles. The summed E-state index contributed by atoms with van der Waals surface area (Å²) in [5, 5.41) is 9.49. The van der Waals surface area contributed by atoms with Crippen molar-refractivity contribution in [2.75, 3.05) is 27.9 Å². The molecular formula is C13H19NO4. The second kappa shape index (κ2) is 6.26. The van der Waals surface area contributed by atoms with Gasteiger partial charge in [-0.05, 0) is 18.2 Å². The van der Waals surface area contributed by atoms with Crippen LogP contribution in [0.1, 0.15) is 18.5 Å². The summed E-state index contributed by atoms with van der Waals surface area (Å²) in [6.45, 7) is 1.27. The molecule has 0 aromatic heterocycles. The molecule has 0 aliphatic rings. The van der Waals surface area contributed by atoms with Crippen LogP contribution >= 0.6 is 0 Å². The molecule has 0 fully saturated rings. The first-order valence-corrected chi connectivity index (χ1v) is 5.61. The predicted octanol–water partition coefficient (Wildman–Crippen LogP) is 1.22. The molecule has 1 atom stereocenters. The highest BCUT2D eigenvalue weighted by Gasteiger charge is 2.22. The number of aliphatic hydroxyl groups excluding tert-OH is 1. The van der Waals surface area contributed by atoms with Crippen LogP contribution in [0.15, 0.2) is 18.2 Å². The minimum absolute atomic E-state index is 0.126. The van der Waals surface area contributed by atoms with E-state index >= 15 is 0 Å². The summed E-state index contributed by atoms with van der Waals surface area (Å²) in [5.41, 5.74) is 0.719. The number of hydrogen-bond acceptors (Lipinski definition) is 4. The van der Waals surface area contributed by atoms with Crippen LogP contribution in [0, 0.1) is 0 Å². The third-order valence-electron chi connectivity index (χ3n) is 2.93. The van der Waals surface area contributed by atoms with E-state index in [4.69, 9.17) is 9.47 Å². The van der Waals surface area contributed by atoms with Crippen molar-refractivity contribution in [1.29, 1.82) is 0 Å². The van der Waals surface area contributed by atoms with Gasteiger partial charge in [-0.1, -0.05) is 0 Å². The molecule has 0 aliphatic carbocycles. The zero-order valence-electron chi connectivity index (χ0n) is 11.1. The van der Waals surface area contributed by atoms with Crippen molar-refractivity contribution >= 4 is 5.91 Å². The molecule has 0 radical (unpaired) electrons. The Kier molecular flexibility index (Phi) is 4.97. The van der Waals surface area contributed by atoms with Gasteiger partial charge in [0.2, 0.25) is 5.91 Å². The Morgan fingerprint density at radius 3 is 2.50 bits per heavy atom. The topological polar surface area (TPSA) is 59.0 Å². The van der Waals surface area contributed by atoms with Crippen molar-refractivity contribution in [2.45, 2.75) is 13.0 Å². The van der Waals surface area contributed by atoms with Gasteiger partial charge in [0.05, 0.1) is 26.9 Å². The second-order valence-corrected chi connectivity index (χ2v) is 3.94. The number of methoxy groups -OCH3 is 2. The lowest BCUT2D eigenvalue weighted by atomic mass is 10.0. The van der Waals surface area contributed by atoms with Crippen LogP contribution in [-0.4, -0.2) is 43.8 Å². The second-order valence-electron chi connectivity index (χ2n) is 3.94. The third kappa shape index (κ3) is 2.92. The van der Waals surface area contributed by atoms with E-state index in [9.17, 15) is 9.90 Å². The van der Waals surface area contributed by atoms with E-state index in [1.807, 2.05) is 0 Å². The molecular weight excluding hydrogens is 234 g/mol. The van der Waals surface area contributed by atoms with E-state index in [2.05, 4.69) is 0 Å². The zero-order chi connectivity index (χ0) is 13.7. The quantitative estimate of drug-likeness (QED) is 0.857. The van der Waals surface area contributed by atoms with Gasteiger partial charge in [0.25, 0.3) is 0 Å². The Morgan fingerprint density at radius 1 is 1.39 bits per heavy atom. The smallest absolute Gasteiger partial charge is 0.219 e. The third-order valence-corrected chi connectivity index (χ3v) is 2.93. The van der Waals surface area contributed by atoms with E-state index in [1.165, 1.54) is 11.8 Å². The highest BCUT2D eigenvalue weighted by molar-refractivity contribution is 5.73. The summed E-state index contributed by atoms with van der Waals surface area (Å²) in [6, 6.07) is 4.83. The Hall–Kier alpha value is -1.75. The molecule has 0 aliphatic heterocycles. The fourth-order valence-electron chi connectivity index (χ4n) is 1.75. The summed E-state index contributed by atoms with van der Waals surface area (Å²) in [7, 11) is 4.75. The summed E-state index contributed by atoms with van der Waals surface area (Å²) < 4.78 is 10.4. The largest absolute Gasteiger partial charge is 0.497 e. The highest BCUT2D eigenvalue weighted by Crippen LogP contribution is 2.31. The van der Waals surface area contributed by atoms with Crippen LogP contribution in [0.25, 0.3) is 0 Å². The number of benzene rings is 1. The number of carbonyl (C=O) groups is 1. The molecule has 1 amide bonds. The maximum atomic E-state index is 11.4. The summed E-state index contributed by atoms with van der Waals surface area (Å²) in [6.07, 6.45) is 0. The van der Waals surface area contributed by atoms with E-state index in [0.29, 0.717) is 11.5 Å². The van der Waals surface area contributed by atoms with Gasteiger partial charge in [-0.15, -0.1) is 0 Å². The molecule has 0 saturated heterocycles. The minimum Gasteiger partial charge on any atom is -0.497 e. The summed E-state index contributed by atoms with van der Waals surface area (Å²) >= 11 is 0. The van der Waals surface area contributed by atoms with Gasteiger partial charge in [0, 0.05) is 19.5 Å². The molecule has 1 aromatic rings. The molecule has 1 unspecified atom stereocenters. The molecule has 0 bridgehead atoms. The van der Waals surface area contributed by atoms with Crippen molar-refractivity contribution in [3.05, 3.63) is 23.8 Å². The molecule has 1 N–H and O–H groups in total. The monoisotopic (exact) mass is 253 g/mol. The summed E-state index contributed by atoms with van der Waals surface area (Å²) in [4.78, 5) is 12.9. The van der Waals surface area contributed by atoms with Crippen molar-refractivity contribution in [3.8, 4) is 11.5 Å². The van der Waals surface area contributed by atoms with Gasteiger partial charge >= 0.3 is 0 Å². The number of aliphatic hydroxyl groups is 1. The number of carbonyl (C=O) groups excluding carboxylic acids is 1. The minimum atomic E-state index is -0.451. The lowest BCUT2D eigenvalue weighted by Gasteiger charge is -2.27. The van der Waals surface area contributed by atoms with Crippen LogP contribution < -0.4 is 9.47 Å². The predicted molar refractivity (Wildman–Crippen MR) is 67.8 cm³/mol. The van der Waals surface area contributed by atoms with Gasteiger partial charge in [-0.2, -0.15) is 0 Å². The Balaban J connectivity index is 3.21. The molecule has 5 nitrogen and oxygen atoms in total. The van der Waals surface area contributed by atoms with E-state index in [-0.39, 0.29) is 12.5 Å². The first kappa shape index (κ1) is 14.3. The standard InChI is InChI=1S/C13H19NO4/c1-9(16)14(2)12(8-15)11-7-10(17-3)5-6-13(11)18-4/h5-7,12,15H,8H2,1-4H3. The van der Waals surface area contributed by atoms with Crippen molar-refractivity contribution < 1.29 is 19.4 Å². The van der Waals surface area contributed by atoms with Crippen molar-refractivity contribution in [2.24, 2.45) is 0 Å². The maximum Gasteiger partial charge on any atom is 0.219 e. The lowest BCUT2D eigenvalue weighted by Crippen LogP contribution is -2.31. The highest BCUT2D eigenvalue weighted by atomic mass is 16.5. The molecule has 1 aromatic carbocycles. The van der Waals surface area contributed by atoms with E-state index in [1.54, 1.807) is 39.5 Å². The van der Waals surface area contributed by atoms with Gasteiger partial charge in [-0.3, -0.25) is 4.79 Å². The fraction of sp³-hybridized carbons (Fsp3) is 0.462. The number of likely N-dealkylation sites (N-methyl/N-ethyl adjacent to an activating group) is 1. The molecule has 5 heteroatoms. The van der Waals surface area contributed by atoms with Crippen LogP contribution in [0.4, 0.5) is 0 Å². The molecule has 18 heavy (non-hydrogen) atoms. The van der Waals surface area contributed by atoms with Crippen LogP contribution in [0.2, 0.25) is 0 Å². The van der Waals surface area contributed by atoms with Gasteiger partial charge in [-0.25, -0.2) is 0 Å². The first-order chi connectivity index (χ1) is 8.54. The summed E-state index contributed by atoms with van der Waals surface area (Å²) in [5.74, 6) is 1.14. The average molecular weight is 253 g/mol. The Bertz CT molecular complexity index is 419. The normalized spacial score (nSPS) is 11.8. The van der Waals surface area contributed by atoms with Crippen molar-refractivity contribution in [3.63, 3.8) is 0 Å². The number of amides is 1. The van der Waals surface area contributed by atoms with Gasteiger partial charge in [0.15, 0.2) is 0 Å². The van der Waals surface area contributed by atoms with E-state index < -0.39 is 6.04 Å². The number of rotatable bonds is 5. The SMILES string of the molecule is COc1ccc(OC)c(C(CO)N(C)C(C)=O)c1. The lowest BCUT2D eigenvalue weighted by molar-refractivity contribution is -0.130. The zero-order valence-corrected chi connectivity index (χ0v) is 11.1. The molecule has 0 heterocycles. The fourth-order valence-corrected chi connectivity index (χ4v) is 1.75. The number of hydrogen-bond donors (Lipinski definition) is 1. The van der Waals surface area contributed by atoms with Gasteiger partial charge < -0.3 is 19.5 Å². The number of nitrogens with zero attached hydrogens (tertiary/aromatic N) is 1. The van der Waals surface area contributed by atoms with Crippen LogP contribution in [-0.2, 0) is 4.79 Å². The van der Waals surface area contributed by atoms with Crippen LogP contribution in [0.3, 0.4) is 0 Å². The first-order valence-electron chi connectivity index (χ1n) is 5.61. The molecule has 100 valence electrons. The molecule has 1 rings (SSSR count).